The van der Waals surface area contributed by atoms with Crippen LogP contribution in [0.4, 0.5) is 5.69 Å². The first-order valence-corrected chi connectivity index (χ1v) is 11.1. The van der Waals surface area contributed by atoms with E-state index in [1.807, 2.05) is 6.07 Å². The second kappa shape index (κ2) is 9.36. The number of hydrogen-bond acceptors (Lipinski definition) is 5. The molecule has 2 atom stereocenters. The maximum atomic E-state index is 13.0. The second-order valence-electron chi connectivity index (χ2n) is 8.33. The van der Waals surface area contributed by atoms with Crippen molar-refractivity contribution in [2.24, 2.45) is 5.73 Å². The zero-order chi connectivity index (χ0) is 24.6. The van der Waals surface area contributed by atoms with Crippen molar-refractivity contribution in [2.45, 2.75) is 44.8 Å². The standard InChI is InChI=1S/C24H24ClN3O6/c1-11(23(30)31)34-18-6-12(10-26)2-5-16(18)27-19(29)8-14-4-3-13-7-15(25)9-17-20(13)21(14)22(28-17)24(32)33/h2,5-7,9,11,14,28H,3-4,8,10,26H2,1H3,(H,27,29)(H,30,31)(H,32,33)/t11?,14-/m1/s1. The molecule has 2 aromatic carbocycles. The van der Waals surface area contributed by atoms with Crippen LogP contribution in [0.3, 0.4) is 0 Å². The van der Waals surface area contributed by atoms with E-state index >= 15 is 0 Å². The van der Waals surface area contributed by atoms with E-state index < -0.39 is 18.0 Å². The highest BCUT2D eigenvalue weighted by Gasteiger charge is 2.31. The zero-order valence-electron chi connectivity index (χ0n) is 18.4. The monoisotopic (exact) mass is 485 g/mol. The lowest BCUT2D eigenvalue weighted by molar-refractivity contribution is -0.144. The van der Waals surface area contributed by atoms with E-state index in [9.17, 15) is 24.6 Å². The van der Waals surface area contributed by atoms with Gasteiger partial charge in [-0.2, -0.15) is 0 Å². The number of carboxylic acids is 2. The molecular formula is C24H24ClN3O6. The van der Waals surface area contributed by atoms with E-state index in [1.54, 1.807) is 24.3 Å². The van der Waals surface area contributed by atoms with Crippen molar-refractivity contribution in [1.82, 2.24) is 4.98 Å². The van der Waals surface area contributed by atoms with Crippen LogP contribution in [0.5, 0.6) is 5.75 Å². The third-order valence-corrected chi connectivity index (χ3v) is 6.22. The number of halogens is 1. The summed E-state index contributed by atoms with van der Waals surface area (Å²) in [4.78, 5) is 39.1. The number of aromatic nitrogens is 1. The lowest BCUT2D eigenvalue weighted by atomic mass is 9.81. The summed E-state index contributed by atoms with van der Waals surface area (Å²) < 4.78 is 5.52. The minimum atomic E-state index is -1.14. The van der Waals surface area contributed by atoms with Crippen LogP contribution < -0.4 is 15.8 Å². The molecule has 4 rings (SSSR count). The minimum Gasteiger partial charge on any atom is -0.479 e. The van der Waals surface area contributed by atoms with Gasteiger partial charge < -0.3 is 31.0 Å². The van der Waals surface area contributed by atoms with Crippen LogP contribution in [0.1, 0.15) is 52.9 Å². The fourth-order valence-corrected chi connectivity index (χ4v) is 4.66. The molecule has 0 fully saturated rings. The number of carbonyl (C=O) groups is 3. The zero-order valence-corrected chi connectivity index (χ0v) is 19.1. The van der Waals surface area contributed by atoms with Gasteiger partial charge in [0.25, 0.3) is 0 Å². The van der Waals surface area contributed by atoms with Crippen LogP contribution in [-0.4, -0.2) is 39.1 Å². The van der Waals surface area contributed by atoms with Crippen LogP contribution in [0.15, 0.2) is 30.3 Å². The number of anilines is 1. The van der Waals surface area contributed by atoms with E-state index in [4.69, 9.17) is 22.1 Å². The number of carboxylic acid groups (broad SMARTS) is 2. The Kier molecular flexibility index (Phi) is 6.49. The largest absolute Gasteiger partial charge is 0.479 e. The number of H-pyrrole nitrogens is 1. The van der Waals surface area contributed by atoms with Gasteiger partial charge in [-0.05, 0) is 66.6 Å². The Bertz CT molecular complexity index is 1300. The highest BCUT2D eigenvalue weighted by molar-refractivity contribution is 6.31. The molecule has 1 heterocycles. The number of benzene rings is 2. The molecule has 0 bridgehead atoms. The predicted octanol–water partition coefficient (Wildman–Crippen LogP) is 3.89. The van der Waals surface area contributed by atoms with Gasteiger partial charge >= 0.3 is 11.9 Å². The summed E-state index contributed by atoms with van der Waals surface area (Å²) in [5.74, 6) is -2.71. The third kappa shape index (κ3) is 4.57. The van der Waals surface area contributed by atoms with Crippen molar-refractivity contribution < 1.29 is 29.3 Å². The number of aromatic amines is 1. The quantitative estimate of drug-likeness (QED) is 0.324. The van der Waals surface area contributed by atoms with Crippen molar-refractivity contribution >= 4 is 46.0 Å². The number of carbonyl (C=O) groups excluding carboxylic acids is 1. The van der Waals surface area contributed by atoms with Gasteiger partial charge in [-0.25, -0.2) is 9.59 Å². The van der Waals surface area contributed by atoms with Crippen LogP contribution in [0.25, 0.3) is 10.9 Å². The first-order chi connectivity index (χ1) is 16.2. The van der Waals surface area contributed by atoms with Gasteiger partial charge in [0.05, 0.1) is 5.69 Å². The highest BCUT2D eigenvalue weighted by atomic mass is 35.5. The molecule has 0 saturated heterocycles. The number of aromatic carboxylic acids is 1. The molecule has 10 heteroatoms. The first-order valence-electron chi connectivity index (χ1n) is 10.8. The summed E-state index contributed by atoms with van der Waals surface area (Å²) in [6.07, 6.45) is 0.160. The van der Waals surface area contributed by atoms with Gasteiger partial charge in [0.15, 0.2) is 6.10 Å². The smallest absolute Gasteiger partial charge is 0.352 e. The summed E-state index contributed by atoms with van der Waals surface area (Å²) in [6, 6.07) is 8.43. The fourth-order valence-electron chi connectivity index (χ4n) is 4.42. The number of aliphatic carboxylic acids is 1. The van der Waals surface area contributed by atoms with Gasteiger partial charge in [0.2, 0.25) is 5.91 Å². The highest BCUT2D eigenvalue weighted by Crippen LogP contribution is 2.42. The molecule has 1 amide bonds. The third-order valence-electron chi connectivity index (χ3n) is 6.01. The van der Waals surface area contributed by atoms with E-state index in [0.29, 0.717) is 40.2 Å². The number of ether oxygens (including phenoxy) is 1. The lowest BCUT2D eigenvalue weighted by Gasteiger charge is -2.23. The molecule has 1 aliphatic carbocycles. The minimum absolute atomic E-state index is 0.0435. The molecule has 0 aliphatic heterocycles. The Labute approximate surface area is 199 Å². The molecule has 0 saturated carbocycles. The summed E-state index contributed by atoms with van der Waals surface area (Å²) in [6.45, 7) is 1.61. The molecule has 9 nitrogen and oxygen atoms in total. The first kappa shape index (κ1) is 23.6. The summed E-state index contributed by atoms with van der Waals surface area (Å²) in [5.41, 5.74) is 8.96. The van der Waals surface area contributed by atoms with Crippen molar-refractivity contribution in [3.8, 4) is 5.75 Å². The van der Waals surface area contributed by atoms with Crippen molar-refractivity contribution in [2.75, 3.05) is 5.32 Å². The van der Waals surface area contributed by atoms with Gasteiger partial charge in [-0.15, -0.1) is 0 Å². The Morgan fingerprint density at radius 2 is 2.03 bits per heavy atom. The van der Waals surface area contributed by atoms with Crippen molar-refractivity contribution in [3.05, 3.63) is 57.7 Å². The van der Waals surface area contributed by atoms with Gasteiger partial charge in [-0.1, -0.05) is 17.7 Å². The van der Waals surface area contributed by atoms with Gasteiger partial charge in [0, 0.05) is 28.9 Å². The molecule has 178 valence electrons. The van der Waals surface area contributed by atoms with Gasteiger partial charge in [0.1, 0.15) is 11.4 Å². The fraction of sp³-hybridized carbons (Fsp3) is 0.292. The van der Waals surface area contributed by atoms with Crippen LogP contribution in [0.2, 0.25) is 5.02 Å². The molecule has 6 N–H and O–H groups in total. The number of amides is 1. The van der Waals surface area contributed by atoms with Crippen LogP contribution in [0, 0.1) is 0 Å². The van der Waals surface area contributed by atoms with Crippen LogP contribution in [-0.2, 0) is 22.6 Å². The average molecular weight is 486 g/mol. The molecular weight excluding hydrogens is 462 g/mol. The molecule has 34 heavy (non-hydrogen) atoms. The number of nitrogens with two attached hydrogens (primary N) is 1. The molecule has 1 unspecified atom stereocenters. The molecule has 0 spiro atoms. The number of hydrogen-bond donors (Lipinski definition) is 5. The van der Waals surface area contributed by atoms with E-state index in [0.717, 1.165) is 10.9 Å². The Morgan fingerprint density at radius 1 is 1.26 bits per heavy atom. The number of rotatable bonds is 8. The summed E-state index contributed by atoms with van der Waals surface area (Å²) in [7, 11) is 0. The Morgan fingerprint density at radius 3 is 2.71 bits per heavy atom. The summed E-state index contributed by atoms with van der Waals surface area (Å²) in [5, 5.41) is 23.0. The number of nitrogens with one attached hydrogen (secondary N) is 2. The van der Waals surface area contributed by atoms with E-state index in [1.165, 1.54) is 6.92 Å². The van der Waals surface area contributed by atoms with Crippen molar-refractivity contribution in [3.63, 3.8) is 0 Å². The van der Waals surface area contributed by atoms with E-state index in [2.05, 4.69) is 10.3 Å². The molecule has 0 radical (unpaired) electrons. The maximum absolute atomic E-state index is 13.0. The van der Waals surface area contributed by atoms with Crippen molar-refractivity contribution in [1.29, 1.82) is 0 Å². The Balaban J connectivity index is 1.61. The van der Waals surface area contributed by atoms with Crippen LogP contribution >= 0.6 is 11.6 Å². The normalized spacial score (nSPS) is 15.7. The topological polar surface area (TPSA) is 155 Å². The molecule has 1 aliphatic rings. The average Bonchev–Trinajstić information content (AvgIpc) is 3.17. The Hall–Kier alpha value is -3.56. The molecule has 1 aromatic heterocycles. The number of aryl methyl sites for hydroxylation is 1. The van der Waals surface area contributed by atoms with Gasteiger partial charge in [-0.3, -0.25) is 4.79 Å². The van der Waals surface area contributed by atoms with E-state index in [-0.39, 0.29) is 36.2 Å². The lowest BCUT2D eigenvalue weighted by Crippen LogP contribution is -2.24. The maximum Gasteiger partial charge on any atom is 0.352 e. The summed E-state index contributed by atoms with van der Waals surface area (Å²) >= 11 is 6.18. The SMILES string of the molecule is CC(Oc1cc(CN)ccc1NC(=O)C[C@H]1CCc2cc(Cl)cc3[nH]c(C(=O)O)c1c23)C(=O)O. The predicted molar refractivity (Wildman–Crippen MR) is 127 cm³/mol. The second-order valence-corrected chi connectivity index (χ2v) is 8.76. The molecule has 3 aromatic rings.